The first-order valence-corrected chi connectivity index (χ1v) is 8.77. The van der Waals surface area contributed by atoms with Gasteiger partial charge in [-0.25, -0.2) is 9.97 Å². The van der Waals surface area contributed by atoms with Crippen LogP contribution in [0.5, 0.6) is 17.4 Å². The van der Waals surface area contributed by atoms with E-state index in [1.54, 1.807) is 31.4 Å². The molecule has 1 heterocycles. The number of hydrogen-bond acceptors (Lipinski definition) is 6. The molecule has 0 aliphatic rings. The highest BCUT2D eigenvalue weighted by Gasteiger charge is 2.09. The smallest absolute Gasteiger partial charge is 0.263 e. The van der Waals surface area contributed by atoms with Gasteiger partial charge in [0, 0.05) is 11.6 Å². The van der Waals surface area contributed by atoms with Gasteiger partial charge in [-0.05, 0) is 18.2 Å². The quantitative estimate of drug-likeness (QED) is 0.621. The van der Waals surface area contributed by atoms with Gasteiger partial charge in [0.15, 0.2) is 6.61 Å². The molecule has 3 aromatic rings. The van der Waals surface area contributed by atoms with Crippen LogP contribution in [0.3, 0.4) is 0 Å². The lowest BCUT2D eigenvalue weighted by molar-refractivity contribution is -0.118. The van der Waals surface area contributed by atoms with E-state index in [2.05, 4.69) is 15.3 Å². The van der Waals surface area contributed by atoms with Gasteiger partial charge in [-0.1, -0.05) is 41.9 Å². The van der Waals surface area contributed by atoms with Crippen LogP contribution in [0.2, 0.25) is 5.02 Å². The molecule has 0 spiro atoms. The lowest BCUT2D eigenvalue weighted by atomic mass is 10.2. The maximum atomic E-state index is 12.1. The molecule has 7 nitrogen and oxygen atoms in total. The number of benzene rings is 2. The Morgan fingerprint density at radius 3 is 2.57 bits per heavy atom. The van der Waals surface area contributed by atoms with Crippen molar-refractivity contribution in [3.8, 4) is 17.4 Å². The third-order valence-electron chi connectivity index (χ3n) is 3.67. The fourth-order valence-electron chi connectivity index (χ4n) is 2.34. The second kappa shape index (κ2) is 9.57. The molecule has 0 bridgehead atoms. The zero-order chi connectivity index (χ0) is 19.8. The number of halogens is 1. The predicted octanol–water partition coefficient (Wildman–Crippen LogP) is 3.74. The minimum atomic E-state index is -0.380. The van der Waals surface area contributed by atoms with Gasteiger partial charge in [0.2, 0.25) is 5.88 Å². The summed E-state index contributed by atoms with van der Waals surface area (Å²) in [5, 5.41) is 3.06. The van der Waals surface area contributed by atoms with Crippen molar-refractivity contribution in [3.05, 3.63) is 71.5 Å². The molecule has 2 aromatic carbocycles. The van der Waals surface area contributed by atoms with Crippen LogP contribution in [0.15, 0.2) is 60.9 Å². The molecule has 0 aliphatic carbocycles. The average molecular weight is 400 g/mol. The number of carbonyl (C=O) groups excluding carboxylic acids is 1. The zero-order valence-corrected chi connectivity index (χ0v) is 15.8. The standard InChI is InChI=1S/C20H18ClN3O4/c1-26-16-8-4-2-6-14(16)11-28-20-10-18(22-13-23-20)24-19(25)12-27-17-9-5-3-7-15(17)21/h2-10,13H,11-12H2,1H3,(H,22,23,24,25). The lowest BCUT2D eigenvalue weighted by Crippen LogP contribution is -2.21. The molecular weight excluding hydrogens is 382 g/mol. The van der Waals surface area contributed by atoms with E-state index < -0.39 is 0 Å². The number of rotatable bonds is 8. The number of hydrogen-bond donors (Lipinski definition) is 1. The number of ether oxygens (including phenoxy) is 3. The van der Waals surface area contributed by atoms with Crippen LogP contribution in [0.1, 0.15) is 5.56 Å². The molecule has 0 aliphatic heterocycles. The number of para-hydroxylation sites is 2. The summed E-state index contributed by atoms with van der Waals surface area (Å²) in [4.78, 5) is 20.1. The van der Waals surface area contributed by atoms with E-state index in [9.17, 15) is 4.79 Å². The summed E-state index contributed by atoms with van der Waals surface area (Å²) >= 11 is 5.99. The average Bonchev–Trinajstić information content (AvgIpc) is 2.72. The Bertz CT molecular complexity index is 952. The van der Waals surface area contributed by atoms with Gasteiger partial charge in [-0.15, -0.1) is 0 Å². The largest absolute Gasteiger partial charge is 0.496 e. The third kappa shape index (κ3) is 5.34. The van der Waals surface area contributed by atoms with Crippen molar-refractivity contribution >= 4 is 23.3 Å². The van der Waals surface area contributed by atoms with Crippen LogP contribution in [0.25, 0.3) is 0 Å². The summed E-state index contributed by atoms with van der Waals surface area (Å²) in [5.41, 5.74) is 0.877. The minimum Gasteiger partial charge on any atom is -0.496 e. The molecule has 1 amide bonds. The minimum absolute atomic E-state index is 0.203. The number of amides is 1. The van der Waals surface area contributed by atoms with Crippen molar-refractivity contribution < 1.29 is 19.0 Å². The summed E-state index contributed by atoms with van der Waals surface area (Å²) in [7, 11) is 1.60. The molecular formula is C20H18ClN3O4. The van der Waals surface area contributed by atoms with Crippen molar-refractivity contribution in [1.82, 2.24) is 9.97 Å². The molecule has 0 radical (unpaired) electrons. The van der Waals surface area contributed by atoms with E-state index in [-0.39, 0.29) is 19.1 Å². The monoisotopic (exact) mass is 399 g/mol. The summed E-state index contributed by atoms with van der Waals surface area (Å²) in [6, 6.07) is 16.0. The highest BCUT2D eigenvalue weighted by molar-refractivity contribution is 6.32. The molecule has 0 saturated carbocycles. The Hall–Kier alpha value is -3.32. The van der Waals surface area contributed by atoms with E-state index >= 15 is 0 Å². The van der Waals surface area contributed by atoms with Gasteiger partial charge in [0.25, 0.3) is 5.91 Å². The van der Waals surface area contributed by atoms with Crippen molar-refractivity contribution in [2.45, 2.75) is 6.61 Å². The van der Waals surface area contributed by atoms with Crippen LogP contribution < -0.4 is 19.5 Å². The molecule has 0 saturated heterocycles. The first-order chi connectivity index (χ1) is 13.7. The van der Waals surface area contributed by atoms with E-state index in [0.717, 1.165) is 11.3 Å². The van der Waals surface area contributed by atoms with E-state index in [4.69, 9.17) is 25.8 Å². The maximum absolute atomic E-state index is 12.1. The van der Waals surface area contributed by atoms with E-state index in [0.29, 0.717) is 22.5 Å². The van der Waals surface area contributed by atoms with Crippen molar-refractivity contribution in [1.29, 1.82) is 0 Å². The fraction of sp³-hybridized carbons (Fsp3) is 0.150. The summed E-state index contributed by atoms with van der Waals surface area (Å²) < 4.78 is 16.4. The van der Waals surface area contributed by atoms with Gasteiger partial charge >= 0.3 is 0 Å². The molecule has 0 unspecified atom stereocenters. The third-order valence-corrected chi connectivity index (χ3v) is 3.99. The number of aromatic nitrogens is 2. The number of anilines is 1. The Balaban J connectivity index is 1.55. The Morgan fingerprint density at radius 1 is 1.04 bits per heavy atom. The van der Waals surface area contributed by atoms with Gasteiger partial charge in [0.05, 0.1) is 12.1 Å². The molecule has 1 aromatic heterocycles. The first-order valence-electron chi connectivity index (χ1n) is 8.39. The summed E-state index contributed by atoms with van der Waals surface area (Å²) in [5.74, 6) is 1.40. The molecule has 28 heavy (non-hydrogen) atoms. The predicted molar refractivity (Wildman–Crippen MR) is 105 cm³/mol. The Kier molecular flexibility index (Phi) is 6.64. The molecule has 144 valence electrons. The number of nitrogens with zero attached hydrogens (tertiary/aromatic N) is 2. The fourth-order valence-corrected chi connectivity index (χ4v) is 2.53. The van der Waals surface area contributed by atoms with E-state index in [1.807, 2.05) is 24.3 Å². The lowest BCUT2D eigenvalue weighted by Gasteiger charge is -2.10. The SMILES string of the molecule is COc1ccccc1COc1cc(NC(=O)COc2ccccc2Cl)ncn1. The van der Waals surface area contributed by atoms with E-state index in [1.165, 1.54) is 12.4 Å². The van der Waals surface area contributed by atoms with Crippen molar-refractivity contribution in [3.63, 3.8) is 0 Å². The van der Waals surface area contributed by atoms with Crippen molar-refractivity contribution in [2.24, 2.45) is 0 Å². The number of carbonyl (C=O) groups is 1. The topological polar surface area (TPSA) is 82.6 Å². The highest BCUT2D eigenvalue weighted by Crippen LogP contribution is 2.23. The van der Waals surface area contributed by atoms with Crippen LogP contribution in [-0.4, -0.2) is 29.6 Å². The first kappa shape index (κ1) is 19.4. The molecule has 0 fully saturated rings. The maximum Gasteiger partial charge on any atom is 0.263 e. The number of methoxy groups -OCH3 is 1. The van der Waals surface area contributed by atoms with Gasteiger partial charge in [-0.3, -0.25) is 4.79 Å². The van der Waals surface area contributed by atoms with Crippen molar-refractivity contribution in [2.75, 3.05) is 19.0 Å². The molecule has 0 atom stereocenters. The van der Waals surface area contributed by atoms with Gasteiger partial charge in [0.1, 0.15) is 30.3 Å². The van der Waals surface area contributed by atoms with Crippen LogP contribution in [0.4, 0.5) is 5.82 Å². The van der Waals surface area contributed by atoms with Gasteiger partial charge < -0.3 is 19.5 Å². The summed E-state index contributed by atoms with van der Waals surface area (Å²) in [6.07, 6.45) is 1.31. The van der Waals surface area contributed by atoms with Gasteiger partial charge in [-0.2, -0.15) is 0 Å². The highest BCUT2D eigenvalue weighted by atomic mass is 35.5. The molecule has 3 rings (SSSR count). The summed E-state index contributed by atoms with van der Waals surface area (Å²) in [6.45, 7) is 0.0647. The molecule has 8 heteroatoms. The normalized spacial score (nSPS) is 10.2. The number of nitrogens with one attached hydrogen (secondary N) is 1. The van der Waals surface area contributed by atoms with Crippen LogP contribution >= 0.6 is 11.6 Å². The second-order valence-corrected chi connectivity index (χ2v) is 6.02. The Labute approximate surface area is 167 Å². The van der Waals surface area contributed by atoms with Crippen LogP contribution in [-0.2, 0) is 11.4 Å². The molecule has 1 N–H and O–H groups in total. The Morgan fingerprint density at radius 2 is 1.79 bits per heavy atom. The van der Waals surface area contributed by atoms with Crippen LogP contribution in [0, 0.1) is 0 Å². The zero-order valence-electron chi connectivity index (χ0n) is 15.1. The second-order valence-electron chi connectivity index (χ2n) is 5.61.